The van der Waals surface area contributed by atoms with Crippen molar-refractivity contribution >= 4 is 16.8 Å². The highest BCUT2D eigenvalue weighted by molar-refractivity contribution is 5.86. The molecule has 6 heteroatoms. The summed E-state index contributed by atoms with van der Waals surface area (Å²) in [6.45, 7) is 0.469. The van der Waals surface area contributed by atoms with Crippen molar-refractivity contribution in [3.63, 3.8) is 0 Å². The summed E-state index contributed by atoms with van der Waals surface area (Å²) >= 11 is 0. The SMILES string of the molecule is COCC(=O)N1CCc2c([nH]c3ccccc23)[C@H]1c1ccc(OC)cc1F. The summed E-state index contributed by atoms with van der Waals surface area (Å²) in [6, 6.07) is 12.2. The molecule has 1 atom stereocenters. The Kier molecular flexibility index (Phi) is 4.58. The second-order valence-corrected chi connectivity index (χ2v) is 6.62. The molecule has 140 valence electrons. The zero-order valence-electron chi connectivity index (χ0n) is 15.3. The molecule has 0 aliphatic carbocycles. The lowest BCUT2D eigenvalue weighted by Gasteiger charge is -2.36. The van der Waals surface area contributed by atoms with Crippen molar-refractivity contribution < 1.29 is 18.7 Å². The fourth-order valence-corrected chi connectivity index (χ4v) is 3.90. The summed E-state index contributed by atoms with van der Waals surface area (Å²) in [4.78, 5) is 17.8. The van der Waals surface area contributed by atoms with E-state index >= 15 is 0 Å². The van der Waals surface area contributed by atoms with Crippen LogP contribution in [0.5, 0.6) is 5.75 Å². The number of H-pyrrole nitrogens is 1. The molecule has 1 N–H and O–H groups in total. The summed E-state index contributed by atoms with van der Waals surface area (Å²) in [6.07, 6.45) is 0.711. The van der Waals surface area contributed by atoms with Gasteiger partial charge in [-0.15, -0.1) is 0 Å². The van der Waals surface area contributed by atoms with Gasteiger partial charge in [-0.3, -0.25) is 4.79 Å². The minimum Gasteiger partial charge on any atom is -0.497 e. The van der Waals surface area contributed by atoms with Gasteiger partial charge in [0, 0.05) is 41.9 Å². The molecule has 1 aromatic heterocycles. The Hall–Kier alpha value is -2.86. The van der Waals surface area contributed by atoms with E-state index in [1.54, 1.807) is 17.0 Å². The Morgan fingerprint density at radius 3 is 2.81 bits per heavy atom. The van der Waals surface area contributed by atoms with Crippen molar-refractivity contribution in [3.8, 4) is 5.75 Å². The molecule has 1 aliphatic rings. The highest BCUT2D eigenvalue weighted by Gasteiger charge is 2.35. The first-order valence-electron chi connectivity index (χ1n) is 8.85. The molecule has 5 nitrogen and oxygen atoms in total. The Bertz CT molecular complexity index is 998. The van der Waals surface area contributed by atoms with E-state index < -0.39 is 11.9 Å². The molecule has 0 fully saturated rings. The number of hydrogen-bond donors (Lipinski definition) is 1. The third-order valence-electron chi connectivity index (χ3n) is 5.12. The average Bonchev–Trinajstić information content (AvgIpc) is 3.06. The van der Waals surface area contributed by atoms with Crippen LogP contribution in [0.15, 0.2) is 42.5 Å². The number of para-hydroxylation sites is 1. The molecule has 0 radical (unpaired) electrons. The molecule has 0 bridgehead atoms. The number of fused-ring (bicyclic) bond motifs is 3. The molecule has 0 unspecified atom stereocenters. The first-order chi connectivity index (χ1) is 13.1. The molecule has 2 aromatic carbocycles. The van der Waals surface area contributed by atoms with E-state index in [4.69, 9.17) is 9.47 Å². The maximum atomic E-state index is 14.9. The highest BCUT2D eigenvalue weighted by Crippen LogP contribution is 2.39. The first-order valence-corrected chi connectivity index (χ1v) is 8.85. The fraction of sp³-hybridized carbons (Fsp3) is 0.286. The van der Waals surface area contributed by atoms with Crippen molar-refractivity contribution in [1.82, 2.24) is 9.88 Å². The maximum absolute atomic E-state index is 14.9. The van der Waals surface area contributed by atoms with Crippen LogP contribution in [0.25, 0.3) is 10.9 Å². The number of ether oxygens (including phenoxy) is 2. The Balaban J connectivity index is 1.89. The number of rotatable bonds is 4. The zero-order valence-corrected chi connectivity index (χ0v) is 15.3. The van der Waals surface area contributed by atoms with Crippen LogP contribution in [0.3, 0.4) is 0 Å². The Labute approximate surface area is 156 Å². The van der Waals surface area contributed by atoms with E-state index in [-0.39, 0.29) is 12.5 Å². The van der Waals surface area contributed by atoms with Crippen LogP contribution < -0.4 is 4.74 Å². The number of halogens is 1. The summed E-state index contributed by atoms with van der Waals surface area (Å²) in [5.74, 6) is -0.123. The van der Waals surface area contributed by atoms with Crippen molar-refractivity contribution in [2.75, 3.05) is 27.4 Å². The van der Waals surface area contributed by atoms with Gasteiger partial charge >= 0.3 is 0 Å². The van der Waals surface area contributed by atoms with Gasteiger partial charge in [0.15, 0.2) is 0 Å². The van der Waals surface area contributed by atoms with Crippen molar-refractivity contribution in [1.29, 1.82) is 0 Å². The van der Waals surface area contributed by atoms with E-state index in [0.717, 1.165) is 22.2 Å². The van der Waals surface area contributed by atoms with Gasteiger partial charge in [0.25, 0.3) is 0 Å². The van der Waals surface area contributed by atoms with Gasteiger partial charge in [0.1, 0.15) is 24.2 Å². The Morgan fingerprint density at radius 1 is 1.26 bits per heavy atom. The van der Waals surface area contributed by atoms with Crippen molar-refractivity contribution in [2.45, 2.75) is 12.5 Å². The number of carbonyl (C=O) groups is 1. The van der Waals surface area contributed by atoms with E-state index in [1.807, 2.05) is 18.2 Å². The first kappa shape index (κ1) is 17.5. The minimum atomic E-state index is -0.533. The molecule has 27 heavy (non-hydrogen) atoms. The lowest BCUT2D eigenvalue weighted by atomic mass is 9.92. The zero-order chi connectivity index (χ0) is 19.0. The smallest absolute Gasteiger partial charge is 0.249 e. The maximum Gasteiger partial charge on any atom is 0.249 e. The van der Waals surface area contributed by atoms with Gasteiger partial charge < -0.3 is 19.4 Å². The highest BCUT2D eigenvalue weighted by atomic mass is 19.1. The molecule has 0 spiro atoms. The quantitative estimate of drug-likeness (QED) is 0.768. The predicted octanol–water partition coefficient (Wildman–Crippen LogP) is 3.44. The topological polar surface area (TPSA) is 54.6 Å². The number of benzene rings is 2. The number of nitrogens with zero attached hydrogens (tertiary/aromatic N) is 1. The van der Waals surface area contributed by atoms with Crippen LogP contribution in [0.1, 0.15) is 22.9 Å². The molecular formula is C21H21FN2O3. The second-order valence-electron chi connectivity index (χ2n) is 6.62. The molecule has 0 saturated heterocycles. The molecule has 1 aliphatic heterocycles. The van der Waals surface area contributed by atoms with E-state index in [1.165, 1.54) is 20.3 Å². The van der Waals surface area contributed by atoms with Crippen LogP contribution >= 0.6 is 0 Å². The lowest BCUT2D eigenvalue weighted by molar-refractivity contribution is -0.137. The monoisotopic (exact) mass is 368 g/mol. The standard InChI is InChI=1S/C21H21FN2O3/c1-26-12-19(25)24-10-9-15-14-5-3-4-6-18(14)23-20(15)21(24)16-8-7-13(27-2)11-17(16)22/h3-8,11,21,23H,9-10,12H2,1-2H3/t21-/m1/s1. The summed E-state index contributed by atoms with van der Waals surface area (Å²) in [5, 5.41) is 1.12. The third-order valence-corrected chi connectivity index (χ3v) is 5.12. The Morgan fingerprint density at radius 2 is 2.07 bits per heavy atom. The lowest BCUT2D eigenvalue weighted by Crippen LogP contribution is -2.42. The molecular weight excluding hydrogens is 347 g/mol. The summed E-state index contributed by atoms with van der Waals surface area (Å²) < 4.78 is 25.1. The van der Waals surface area contributed by atoms with Crippen LogP contribution in [-0.2, 0) is 16.0 Å². The van der Waals surface area contributed by atoms with Crippen LogP contribution in [0, 0.1) is 5.82 Å². The molecule has 4 rings (SSSR count). The molecule has 3 aromatic rings. The second kappa shape index (κ2) is 7.04. The van der Waals surface area contributed by atoms with Gasteiger partial charge in [-0.05, 0) is 30.2 Å². The molecule has 1 amide bonds. The summed E-state index contributed by atoms with van der Waals surface area (Å²) in [5.41, 5.74) is 3.42. The van der Waals surface area contributed by atoms with Crippen LogP contribution in [0.4, 0.5) is 4.39 Å². The van der Waals surface area contributed by atoms with E-state index in [0.29, 0.717) is 24.3 Å². The van der Waals surface area contributed by atoms with Gasteiger partial charge in [-0.1, -0.05) is 18.2 Å². The third kappa shape index (κ3) is 2.96. The number of methoxy groups -OCH3 is 2. The van der Waals surface area contributed by atoms with Gasteiger partial charge in [0.2, 0.25) is 5.91 Å². The normalized spacial score (nSPS) is 16.4. The fourth-order valence-electron chi connectivity index (χ4n) is 3.90. The minimum absolute atomic E-state index is 0.0379. The number of aromatic nitrogens is 1. The van der Waals surface area contributed by atoms with E-state index in [2.05, 4.69) is 11.1 Å². The molecule has 2 heterocycles. The van der Waals surface area contributed by atoms with Crippen LogP contribution in [-0.4, -0.2) is 43.2 Å². The number of nitrogens with one attached hydrogen (secondary N) is 1. The largest absolute Gasteiger partial charge is 0.497 e. The van der Waals surface area contributed by atoms with Crippen molar-refractivity contribution in [3.05, 3.63) is 65.1 Å². The predicted molar refractivity (Wildman–Crippen MR) is 100 cm³/mol. The average molecular weight is 368 g/mol. The van der Waals surface area contributed by atoms with Gasteiger partial charge in [-0.25, -0.2) is 4.39 Å². The molecule has 0 saturated carbocycles. The summed E-state index contributed by atoms with van der Waals surface area (Å²) in [7, 11) is 2.98. The van der Waals surface area contributed by atoms with Gasteiger partial charge in [0.05, 0.1) is 7.11 Å². The number of carbonyl (C=O) groups excluding carboxylic acids is 1. The number of amides is 1. The van der Waals surface area contributed by atoms with Crippen LogP contribution in [0.2, 0.25) is 0 Å². The number of hydrogen-bond acceptors (Lipinski definition) is 3. The van der Waals surface area contributed by atoms with Gasteiger partial charge in [-0.2, -0.15) is 0 Å². The number of aromatic amines is 1. The van der Waals surface area contributed by atoms with Crippen molar-refractivity contribution in [2.24, 2.45) is 0 Å². The van der Waals surface area contributed by atoms with E-state index in [9.17, 15) is 9.18 Å².